The molecule has 1 heterocycles. The summed E-state index contributed by atoms with van der Waals surface area (Å²) >= 11 is 1.65. The summed E-state index contributed by atoms with van der Waals surface area (Å²) in [5.41, 5.74) is 2.30. The highest BCUT2D eigenvalue weighted by Crippen LogP contribution is 2.24. The van der Waals surface area contributed by atoms with E-state index in [1.54, 1.807) is 28.4 Å². The zero-order valence-electron chi connectivity index (χ0n) is 16.3. The number of hydrogen-bond donors (Lipinski definition) is 1. The van der Waals surface area contributed by atoms with Gasteiger partial charge >= 0.3 is 0 Å². The van der Waals surface area contributed by atoms with Gasteiger partial charge in [0.25, 0.3) is 5.91 Å². The van der Waals surface area contributed by atoms with Crippen molar-refractivity contribution in [2.24, 2.45) is 0 Å². The molecule has 0 aliphatic rings. The zero-order chi connectivity index (χ0) is 20.1. The van der Waals surface area contributed by atoms with Gasteiger partial charge in [-0.3, -0.25) is 9.59 Å². The molecular formula is C23H24N2O2S. The number of carbonyl (C=O) groups excluding carboxylic acids is 2. The molecule has 3 rings (SSSR count). The van der Waals surface area contributed by atoms with Crippen LogP contribution >= 0.6 is 11.3 Å². The maximum Gasteiger partial charge on any atom is 0.255 e. The number of amides is 2. The number of nitrogens with one attached hydrogen (secondary N) is 1. The molecule has 3 aromatic rings. The van der Waals surface area contributed by atoms with Crippen molar-refractivity contribution in [2.45, 2.75) is 26.3 Å². The first-order valence-electron chi connectivity index (χ1n) is 9.21. The van der Waals surface area contributed by atoms with E-state index in [9.17, 15) is 9.59 Å². The molecule has 0 aliphatic heterocycles. The van der Waals surface area contributed by atoms with Crippen LogP contribution in [0, 0.1) is 6.92 Å². The lowest BCUT2D eigenvalue weighted by molar-refractivity contribution is -0.131. The number of anilines is 1. The highest BCUT2D eigenvalue weighted by molar-refractivity contribution is 7.12. The largest absolute Gasteiger partial charge is 0.339 e. The Balaban J connectivity index is 1.68. The summed E-state index contributed by atoms with van der Waals surface area (Å²) in [6.07, 6.45) is 0.407. The smallest absolute Gasteiger partial charge is 0.255 e. The molecular weight excluding hydrogens is 368 g/mol. The van der Waals surface area contributed by atoms with E-state index < -0.39 is 0 Å². The standard InChI is InChI=1S/C23H24N2O2S/c1-16-12-13-21(28-16)15-22(26)25(3)17(2)19-10-7-11-20(14-19)24-23(27)18-8-5-4-6-9-18/h4-14,17H,15H2,1-3H3,(H,24,27)/t17-/m0/s1. The minimum Gasteiger partial charge on any atom is -0.339 e. The van der Waals surface area contributed by atoms with Gasteiger partial charge in [0.2, 0.25) is 5.91 Å². The van der Waals surface area contributed by atoms with Crippen LogP contribution in [-0.4, -0.2) is 23.8 Å². The highest BCUT2D eigenvalue weighted by Gasteiger charge is 2.19. The molecule has 4 nitrogen and oxygen atoms in total. The second kappa shape index (κ2) is 8.85. The van der Waals surface area contributed by atoms with Crippen molar-refractivity contribution in [1.82, 2.24) is 4.90 Å². The molecule has 0 fully saturated rings. The fourth-order valence-electron chi connectivity index (χ4n) is 2.96. The number of thiophene rings is 1. The van der Waals surface area contributed by atoms with Gasteiger partial charge in [-0.2, -0.15) is 0 Å². The minimum absolute atomic E-state index is 0.0769. The quantitative estimate of drug-likeness (QED) is 0.637. The third-order valence-corrected chi connectivity index (χ3v) is 5.76. The third kappa shape index (κ3) is 4.87. The van der Waals surface area contributed by atoms with E-state index in [4.69, 9.17) is 0 Å². The zero-order valence-corrected chi connectivity index (χ0v) is 17.1. The molecule has 1 atom stereocenters. The van der Waals surface area contributed by atoms with Crippen molar-refractivity contribution in [3.63, 3.8) is 0 Å². The van der Waals surface area contributed by atoms with E-state index in [1.165, 1.54) is 4.88 Å². The van der Waals surface area contributed by atoms with E-state index in [-0.39, 0.29) is 17.9 Å². The van der Waals surface area contributed by atoms with Crippen molar-refractivity contribution >= 4 is 28.8 Å². The minimum atomic E-state index is -0.150. The van der Waals surface area contributed by atoms with Crippen LogP contribution in [0.25, 0.3) is 0 Å². The van der Waals surface area contributed by atoms with Crippen molar-refractivity contribution in [2.75, 3.05) is 12.4 Å². The molecule has 144 valence electrons. The highest BCUT2D eigenvalue weighted by atomic mass is 32.1. The summed E-state index contributed by atoms with van der Waals surface area (Å²) in [5, 5.41) is 2.92. The van der Waals surface area contributed by atoms with Gasteiger partial charge in [-0.05, 0) is 55.8 Å². The molecule has 2 amide bonds. The Hall–Kier alpha value is -2.92. The molecule has 0 unspecified atom stereocenters. The van der Waals surface area contributed by atoms with Crippen molar-refractivity contribution in [1.29, 1.82) is 0 Å². The van der Waals surface area contributed by atoms with E-state index in [1.807, 2.05) is 75.5 Å². The van der Waals surface area contributed by atoms with E-state index in [0.717, 1.165) is 10.4 Å². The molecule has 2 aromatic carbocycles. The van der Waals surface area contributed by atoms with Crippen LogP contribution in [0.15, 0.2) is 66.7 Å². The van der Waals surface area contributed by atoms with Crippen LogP contribution in [0.4, 0.5) is 5.69 Å². The first kappa shape index (κ1) is 19.8. The lowest BCUT2D eigenvalue weighted by atomic mass is 10.1. The Morgan fingerprint density at radius 2 is 1.79 bits per heavy atom. The van der Waals surface area contributed by atoms with Gasteiger partial charge in [-0.25, -0.2) is 0 Å². The molecule has 1 N–H and O–H groups in total. The summed E-state index contributed by atoms with van der Waals surface area (Å²) in [7, 11) is 1.82. The Bertz CT molecular complexity index is 965. The third-order valence-electron chi connectivity index (χ3n) is 4.76. The molecule has 0 aliphatic carbocycles. The molecule has 0 bridgehead atoms. The molecule has 0 saturated carbocycles. The first-order valence-corrected chi connectivity index (χ1v) is 10.0. The number of aryl methyl sites for hydroxylation is 1. The Labute approximate surface area is 169 Å². The van der Waals surface area contributed by atoms with Crippen LogP contribution < -0.4 is 5.32 Å². The number of benzene rings is 2. The van der Waals surface area contributed by atoms with Crippen LogP contribution in [0.2, 0.25) is 0 Å². The molecule has 28 heavy (non-hydrogen) atoms. The molecule has 0 saturated heterocycles. The molecule has 0 radical (unpaired) electrons. The fourth-order valence-corrected chi connectivity index (χ4v) is 3.84. The topological polar surface area (TPSA) is 49.4 Å². The van der Waals surface area contributed by atoms with Gasteiger partial charge in [0.1, 0.15) is 0 Å². The maximum absolute atomic E-state index is 12.6. The summed E-state index contributed by atoms with van der Waals surface area (Å²) in [4.78, 5) is 29.1. The Morgan fingerprint density at radius 1 is 1.04 bits per heavy atom. The summed E-state index contributed by atoms with van der Waals surface area (Å²) in [5.74, 6) is -0.0732. The van der Waals surface area contributed by atoms with Gasteiger partial charge in [0, 0.05) is 28.1 Å². The number of likely N-dealkylation sites (N-methyl/N-ethyl adjacent to an activating group) is 1. The normalized spacial score (nSPS) is 11.7. The van der Waals surface area contributed by atoms with E-state index in [0.29, 0.717) is 17.7 Å². The van der Waals surface area contributed by atoms with Gasteiger partial charge in [-0.15, -0.1) is 11.3 Å². The van der Waals surface area contributed by atoms with E-state index in [2.05, 4.69) is 5.32 Å². The van der Waals surface area contributed by atoms with Gasteiger partial charge in [0.15, 0.2) is 0 Å². The number of rotatable bonds is 6. The van der Waals surface area contributed by atoms with Crippen LogP contribution in [-0.2, 0) is 11.2 Å². The summed E-state index contributed by atoms with van der Waals surface area (Å²) in [6.45, 7) is 4.04. The lowest BCUT2D eigenvalue weighted by Gasteiger charge is -2.25. The van der Waals surface area contributed by atoms with E-state index >= 15 is 0 Å². The molecule has 0 spiro atoms. The SMILES string of the molecule is Cc1ccc(CC(=O)N(C)[C@@H](C)c2cccc(NC(=O)c3ccccc3)c2)s1. The lowest BCUT2D eigenvalue weighted by Crippen LogP contribution is -2.30. The first-order chi connectivity index (χ1) is 13.4. The van der Waals surface area contributed by atoms with Crippen molar-refractivity contribution < 1.29 is 9.59 Å². The average molecular weight is 393 g/mol. The Kier molecular flexibility index (Phi) is 6.26. The van der Waals surface area contributed by atoms with Crippen LogP contribution in [0.5, 0.6) is 0 Å². The fraction of sp³-hybridized carbons (Fsp3) is 0.217. The average Bonchev–Trinajstić information content (AvgIpc) is 3.12. The van der Waals surface area contributed by atoms with Gasteiger partial charge < -0.3 is 10.2 Å². The van der Waals surface area contributed by atoms with Crippen molar-refractivity contribution in [3.8, 4) is 0 Å². The molecule has 1 aromatic heterocycles. The summed E-state index contributed by atoms with van der Waals surface area (Å²) < 4.78 is 0. The predicted molar refractivity (Wildman–Crippen MR) is 115 cm³/mol. The summed E-state index contributed by atoms with van der Waals surface area (Å²) in [6, 6.07) is 20.7. The molecule has 5 heteroatoms. The van der Waals surface area contributed by atoms with Gasteiger partial charge in [-0.1, -0.05) is 30.3 Å². The van der Waals surface area contributed by atoms with Crippen LogP contribution in [0.1, 0.15) is 38.6 Å². The van der Waals surface area contributed by atoms with Gasteiger partial charge in [0.05, 0.1) is 12.5 Å². The second-order valence-electron chi connectivity index (χ2n) is 6.82. The second-order valence-corrected chi connectivity index (χ2v) is 8.19. The Morgan fingerprint density at radius 3 is 2.46 bits per heavy atom. The number of carbonyl (C=O) groups is 2. The number of hydrogen-bond acceptors (Lipinski definition) is 3. The number of nitrogens with zero attached hydrogens (tertiary/aromatic N) is 1. The maximum atomic E-state index is 12.6. The monoisotopic (exact) mass is 392 g/mol. The van der Waals surface area contributed by atoms with Crippen LogP contribution in [0.3, 0.4) is 0 Å². The van der Waals surface area contributed by atoms with Crippen molar-refractivity contribution in [3.05, 3.63) is 87.6 Å². The predicted octanol–water partition coefficient (Wildman–Crippen LogP) is 5.07.